The Hall–Kier alpha value is -1.71. The number of alkyl halides is 3. The first-order chi connectivity index (χ1) is 12.2. The third kappa shape index (κ3) is 3.84. The predicted octanol–water partition coefficient (Wildman–Crippen LogP) is 6.01. The molecule has 1 amide bonds. The smallest absolute Gasteiger partial charge is 0.268 e. The molecule has 1 aliphatic rings. The highest BCUT2D eigenvalue weighted by Crippen LogP contribution is 2.38. The van der Waals surface area contributed by atoms with Crippen molar-refractivity contribution in [1.82, 2.24) is 0 Å². The van der Waals surface area contributed by atoms with Crippen molar-refractivity contribution in [3.63, 3.8) is 0 Å². The van der Waals surface area contributed by atoms with E-state index in [0.717, 1.165) is 28.8 Å². The van der Waals surface area contributed by atoms with Gasteiger partial charge < -0.3 is 0 Å². The van der Waals surface area contributed by atoms with Crippen molar-refractivity contribution >= 4 is 61.9 Å². The summed E-state index contributed by atoms with van der Waals surface area (Å²) in [6, 6.07) is 8.62. The summed E-state index contributed by atoms with van der Waals surface area (Å²) in [5.74, 6) is -0.974. The summed E-state index contributed by atoms with van der Waals surface area (Å²) in [5.41, 5.74) is -0.260. The Morgan fingerprint density at radius 2 is 1.88 bits per heavy atom. The van der Waals surface area contributed by atoms with Crippen LogP contribution in [0.5, 0.6) is 0 Å². The van der Waals surface area contributed by atoms with E-state index >= 15 is 0 Å². The number of hydrogen-bond acceptors (Lipinski definition) is 3. The minimum absolute atomic E-state index is 0.0472. The highest BCUT2D eigenvalue weighted by molar-refractivity contribution is 9.10. The molecule has 0 unspecified atom stereocenters. The van der Waals surface area contributed by atoms with Crippen LogP contribution in [-0.2, 0) is 11.0 Å². The lowest BCUT2D eigenvalue weighted by Gasteiger charge is -2.16. The standard InChI is InChI=1S/C17H8BrF4NOS2/c18-12-6-9(4-5-13(12)19)7-14-15(24)23(16(25)26-14)11-3-1-2-10(8-11)17(20,21)22/h1-8H. The van der Waals surface area contributed by atoms with Gasteiger partial charge in [-0.1, -0.05) is 36.1 Å². The topological polar surface area (TPSA) is 20.3 Å². The van der Waals surface area contributed by atoms with E-state index in [1.165, 1.54) is 36.4 Å². The van der Waals surface area contributed by atoms with Crippen molar-refractivity contribution in [2.75, 3.05) is 4.90 Å². The number of carbonyl (C=O) groups is 1. The third-order valence-corrected chi connectivity index (χ3v) is 5.38. The average molecular weight is 462 g/mol. The number of amides is 1. The second kappa shape index (κ2) is 7.13. The fourth-order valence-electron chi connectivity index (χ4n) is 2.27. The molecule has 1 aliphatic heterocycles. The van der Waals surface area contributed by atoms with Crippen molar-refractivity contribution in [2.45, 2.75) is 6.18 Å². The number of thioether (sulfide) groups is 1. The number of nitrogens with zero attached hydrogens (tertiary/aromatic N) is 1. The van der Waals surface area contributed by atoms with E-state index in [2.05, 4.69) is 15.9 Å². The van der Waals surface area contributed by atoms with Gasteiger partial charge in [-0.2, -0.15) is 13.2 Å². The van der Waals surface area contributed by atoms with Gasteiger partial charge in [0.15, 0.2) is 4.32 Å². The van der Waals surface area contributed by atoms with E-state index in [0.29, 0.717) is 5.56 Å². The Bertz CT molecular complexity index is 943. The quantitative estimate of drug-likeness (QED) is 0.310. The molecule has 0 atom stereocenters. The Morgan fingerprint density at radius 3 is 2.54 bits per heavy atom. The van der Waals surface area contributed by atoms with E-state index in [1.54, 1.807) is 0 Å². The number of anilines is 1. The molecule has 0 spiro atoms. The Morgan fingerprint density at radius 1 is 1.15 bits per heavy atom. The first kappa shape index (κ1) is 19.1. The maximum atomic E-state index is 13.3. The summed E-state index contributed by atoms with van der Waals surface area (Å²) in [7, 11) is 0. The summed E-state index contributed by atoms with van der Waals surface area (Å²) in [4.78, 5) is 13.9. The average Bonchev–Trinajstić information content (AvgIpc) is 2.84. The number of rotatable bonds is 2. The summed E-state index contributed by atoms with van der Waals surface area (Å²) >= 11 is 9.19. The van der Waals surface area contributed by atoms with Crippen LogP contribution < -0.4 is 4.90 Å². The Labute approximate surface area is 164 Å². The largest absolute Gasteiger partial charge is 0.416 e. The van der Waals surface area contributed by atoms with Crippen LogP contribution in [0, 0.1) is 5.82 Å². The number of hydrogen-bond donors (Lipinski definition) is 0. The summed E-state index contributed by atoms with van der Waals surface area (Å²) in [5, 5.41) is 0. The fraction of sp³-hybridized carbons (Fsp3) is 0.0588. The molecule has 134 valence electrons. The zero-order valence-corrected chi connectivity index (χ0v) is 15.9. The first-order valence-corrected chi connectivity index (χ1v) is 9.09. The number of halogens is 5. The minimum atomic E-state index is -4.52. The molecule has 0 saturated carbocycles. The van der Waals surface area contributed by atoms with Crippen LogP contribution in [0.25, 0.3) is 6.08 Å². The summed E-state index contributed by atoms with van der Waals surface area (Å²) in [6.07, 6.45) is -3.01. The Balaban J connectivity index is 1.94. The van der Waals surface area contributed by atoms with Gasteiger partial charge in [0.25, 0.3) is 5.91 Å². The molecule has 2 nitrogen and oxygen atoms in total. The molecule has 1 heterocycles. The van der Waals surface area contributed by atoms with E-state index in [1.807, 2.05) is 0 Å². The molecule has 0 aromatic heterocycles. The molecule has 2 aromatic rings. The van der Waals surface area contributed by atoms with Gasteiger partial charge in [-0.25, -0.2) is 4.39 Å². The van der Waals surface area contributed by atoms with Crippen molar-refractivity contribution in [3.8, 4) is 0 Å². The second-order valence-corrected chi connectivity index (χ2v) is 7.77. The molecular formula is C17H8BrF4NOS2. The molecular weight excluding hydrogens is 454 g/mol. The van der Waals surface area contributed by atoms with Gasteiger partial charge in [0.2, 0.25) is 0 Å². The van der Waals surface area contributed by atoms with Gasteiger partial charge in [0.05, 0.1) is 20.6 Å². The SMILES string of the molecule is O=C1C(=Cc2ccc(F)c(Br)c2)SC(=S)N1c1cccc(C(F)(F)F)c1. The van der Waals surface area contributed by atoms with Gasteiger partial charge in [-0.15, -0.1) is 0 Å². The van der Waals surface area contributed by atoms with Gasteiger partial charge in [-0.3, -0.25) is 9.69 Å². The molecule has 3 rings (SSSR count). The van der Waals surface area contributed by atoms with E-state index in [4.69, 9.17) is 12.2 Å². The van der Waals surface area contributed by atoms with Crippen LogP contribution in [0.4, 0.5) is 23.2 Å². The van der Waals surface area contributed by atoms with Crippen molar-refractivity contribution < 1.29 is 22.4 Å². The molecule has 9 heteroatoms. The minimum Gasteiger partial charge on any atom is -0.268 e. The third-order valence-electron chi connectivity index (χ3n) is 3.47. The van der Waals surface area contributed by atoms with Crippen LogP contribution in [0.15, 0.2) is 51.8 Å². The molecule has 26 heavy (non-hydrogen) atoms. The van der Waals surface area contributed by atoms with Gasteiger partial charge in [0, 0.05) is 0 Å². The lowest BCUT2D eigenvalue weighted by molar-refractivity contribution is -0.137. The van der Waals surface area contributed by atoms with Gasteiger partial charge in [-0.05, 0) is 57.9 Å². The normalized spacial score (nSPS) is 16.7. The van der Waals surface area contributed by atoms with Crippen molar-refractivity contribution in [2.24, 2.45) is 0 Å². The van der Waals surface area contributed by atoms with Crippen LogP contribution in [-0.4, -0.2) is 10.2 Å². The van der Waals surface area contributed by atoms with Crippen molar-refractivity contribution in [3.05, 3.63) is 68.8 Å². The zero-order valence-electron chi connectivity index (χ0n) is 12.7. The molecule has 0 N–H and O–H groups in total. The van der Waals surface area contributed by atoms with E-state index in [-0.39, 0.29) is 19.4 Å². The van der Waals surface area contributed by atoms with Gasteiger partial charge in [0.1, 0.15) is 5.82 Å². The summed E-state index contributed by atoms with van der Waals surface area (Å²) in [6.45, 7) is 0. The number of thiocarbonyl (C=S) groups is 1. The maximum absolute atomic E-state index is 13.3. The van der Waals surface area contributed by atoms with Crippen LogP contribution >= 0.6 is 39.9 Å². The van der Waals surface area contributed by atoms with E-state index in [9.17, 15) is 22.4 Å². The first-order valence-electron chi connectivity index (χ1n) is 7.07. The predicted molar refractivity (Wildman–Crippen MR) is 101 cm³/mol. The molecule has 0 bridgehead atoms. The molecule has 0 aliphatic carbocycles. The highest BCUT2D eigenvalue weighted by Gasteiger charge is 2.36. The molecule has 1 saturated heterocycles. The number of carbonyl (C=O) groups excluding carboxylic acids is 1. The Kier molecular flexibility index (Phi) is 5.23. The summed E-state index contributed by atoms with van der Waals surface area (Å²) < 4.78 is 52.4. The zero-order chi connectivity index (χ0) is 19.1. The lowest BCUT2D eigenvalue weighted by Crippen LogP contribution is -2.27. The van der Waals surface area contributed by atoms with E-state index < -0.39 is 23.5 Å². The monoisotopic (exact) mass is 461 g/mol. The fourth-order valence-corrected chi connectivity index (χ4v) is 3.96. The second-order valence-electron chi connectivity index (χ2n) is 5.24. The van der Waals surface area contributed by atoms with Gasteiger partial charge >= 0.3 is 6.18 Å². The molecule has 2 aromatic carbocycles. The van der Waals surface area contributed by atoms with Crippen LogP contribution in [0.1, 0.15) is 11.1 Å². The highest BCUT2D eigenvalue weighted by atomic mass is 79.9. The molecule has 1 fully saturated rings. The molecule has 0 radical (unpaired) electrons. The van der Waals surface area contributed by atoms with Crippen LogP contribution in [0.2, 0.25) is 0 Å². The number of benzene rings is 2. The van der Waals surface area contributed by atoms with Crippen molar-refractivity contribution in [1.29, 1.82) is 0 Å². The lowest BCUT2D eigenvalue weighted by atomic mass is 10.1. The van der Waals surface area contributed by atoms with Crippen LogP contribution in [0.3, 0.4) is 0 Å². The maximum Gasteiger partial charge on any atom is 0.416 e.